The molecular weight excluding hydrogens is 483 g/mol. The van der Waals surface area contributed by atoms with Gasteiger partial charge >= 0.3 is 12.3 Å². The van der Waals surface area contributed by atoms with E-state index in [0.29, 0.717) is 5.57 Å². The zero-order valence-electron chi connectivity index (χ0n) is 19.4. The number of hydrogen-bond donors (Lipinski definition) is 1. The van der Waals surface area contributed by atoms with Crippen molar-refractivity contribution in [1.29, 1.82) is 21.2 Å². The van der Waals surface area contributed by atoms with Gasteiger partial charge in [0.1, 0.15) is 12.5 Å². The minimum atomic E-state index is -4.80. The number of nitrogens with zero attached hydrogens (tertiary/aromatic N) is 4. The molecule has 186 valence electrons. The Labute approximate surface area is 211 Å². The van der Waals surface area contributed by atoms with E-state index in [1.807, 2.05) is 12.1 Å². The van der Waals surface area contributed by atoms with Crippen molar-refractivity contribution in [2.75, 3.05) is 13.1 Å². The highest BCUT2D eigenvalue weighted by molar-refractivity contribution is 6.01. The maximum absolute atomic E-state index is 14.0. The maximum atomic E-state index is 14.0. The molecule has 2 aliphatic rings. The van der Waals surface area contributed by atoms with Crippen molar-refractivity contribution in [2.24, 2.45) is 17.3 Å². The number of alkyl halides is 3. The summed E-state index contributed by atoms with van der Waals surface area (Å²) < 4.78 is 47.5. The summed E-state index contributed by atoms with van der Waals surface area (Å²) in [7, 11) is 0. The standard InChI is InChI=1S/C27H20F3N5O2/c28-27(29,30)22-9-5-4-8-19(22)23-21-13-35(25(36)37-14-17-6-2-1-3-7-17)11-10-18(21)20(12-31)24(34)26(23,15-32)16-33/h1-10,20-21,23,34H,11,13-14H2/t20?,21-,23+/m0/s1. The van der Waals surface area contributed by atoms with Crippen LogP contribution in [0, 0.1) is 56.7 Å². The molecule has 1 fully saturated rings. The molecule has 0 radical (unpaired) electrons. The number of rotatable bonds is 3. The number of amides is 1. The molecule has 10 heteroatoms. The van der Waals surface area contributed by atoms with E-state index in [9.17, 15) is 33.8 Å². The van der Waals surface area contributed by atoms with Gasteiger partial charge in [-0.2, -0.15) is 29.0 Å². The van der Waals surface area contributed by atoms with Gasteiger partial charge in [-0.05, 0) is 22.8 Å². The fourth-order valence-corrected chi connectivity index (χ4v) is 5.14. The zero-order valence-corrected chi connectivity index (χ0v) is 19.4. The number of ether oxygens (including phenoxy) is 1. The fourth-order valence-electron chi connectivity index (χ4n) is 5.14. The Morgan fingerprint density at radius 1 is 1.08 bits per heavy atom. The van der Waals surface area contributed by atoms with Gasteiger partial charge in [0, 0.05) is 24.9 Å². The molecule has 1 heterocycles. The second-order valence-corrected chi connectivity index (χ2v) is 8.83. The normalized spacial score (nSPS) is 22.5. The van der Waals surface area contributed by atoms with E-state index < -0.39 is 46.7 Å². The Morgan fingerprint density at radius 2 is 1.73 bits per heavy atom. The first-order valence-electron chi connectivity index (χ1n) is 11.3. The Morgan fingerprint density at radius 3 is 2.35 bits per heavy atom. The van der Waals surface area contributed by atoms with Crippen molar-refractivity contribution >= 4 is 11.8 Å². The molecule has 1 saturated carbocycles. The molecular formula is C27H20F3N5O2. The minimum absolute atomic E-state index is 0.00462. The van der Waals surface area contributed by atoms with Crippen LogP contribution in [0.1, 0.15) is 22.6 Å². The average Bonchev–Trinajstić information content (AvgIpc) is 2.91. The first-order chi connectivity index (χ1) is 17.7. The number of nitriles is 3. The number of nitrogens with one attached hydrogen (secondary N) is 1. The van der Waals surface area contributed by atoms with Crippen LogP contribution in [-0.4, -0.2) is 29.8 Å². The van der Waals surface area contributed by atoms with Gasteiger partial charge in [-0.3, -0.25) is 0 Å². The molecule has 1 N–H and O–H groups in total. The number of carbonyl (C=O) groups excluding carboxylic acids is 1. The molecule has 0 bridgehead atoms. The summed E-state index contributed by atoms with van der Waals surface area (Å²) in [6.07, 6.45) is -4.01. The third-order valence-corrected chi connectivity index (χ3v) is 6.85. The Bertz CT molecular complexity index is 1370. The summed E-state index contributed by atoms with van der Waals surface area (Å²) >= 11 is 0. The van der Waals surface area contributed by atoms with E-state index in [-0.39, 0.29) is 25.3 Å². The van der Waals surface area contributed by atoms with E-state index >= 15 is 0 Å². The number of fused-ring (bicyclic) bond motifs is 1. The van der Waals surface area contributed by atoms with E-state index in [1.54, 1.807) is 36.4 Å². The van der Waals surface area contributed by atoms with Crippen LogP contribution >= 0.6 is 0 Å². The molecule has 1 amide bonds. The van der Waals surface area contributed by atoms with Crippen LogP contribution in [0.25, 0.3) is 0 Å². The van der Waals surface area contributed by atoms with Gasteiger partial charge in [0.2, 0.25) is 0 Å². The molecule has 1 unspecified atom stereocenters. The second-order valence-electron chi connectivity index (χ2n) is 8.83. The predicted molar refractivity (Wildman–Crippen MR) is 124 cm³/mol. The first-order valence-corrected chi connectivity index (χ1v) is 11.3. The highest BCUT2D eigenvalue weighted by Gasteiger charge is 2.59. The van der Waals surface area contributed by atoms with Gasteiger partial charge in [-0.15, -0.1) is 0 Å². The molecule has 0 spiro atoms. The lowest BCUT2D eigenvalue weighted by molar-refractivity contribution is -0.138. The van der Waals surface area contributed by atoms with Crippen LogP contribution in [0.15, 0.2) is 66.2 Å². The van der Waals surface area contributed by atoms with Gasteiger partial charge in [-0.25, -0.2) is 4.79 Å². The van der Waals surface area contributed by atoms with E-state index in [1.165, 1.54) is 29.2 Å². The highest BCUT2D eigenvalue weighted by Crippen LogP contribution is 2.55. The van der Waals surface area contributed by atoms with E-state index in [4.69, 9.17) is 10.1 Å². The van der Waals surface area contributed by atoms with Crippen molar-refractivity contribution < 1.29 is 22.7 Å². The van der Waals surface area contributed by atoms with Crippen LogP contribution in [0.2, 0.25) is 0 Å². The van der Waals surface area contributed by atoms with Gasteiger partial charge in [0.25, 0.3) is 0 Å². The quantitative estimate of drug-likeness (QED) is 0.577. The van der Waals surface area contributed by atoms with Crippen molar-refractivity contribution in [2.45, 2.75) is 18.7 Å². The summed E-state index contributed by atoms with van der Waals surface area (Å²) in [5.74, 6) is -3.73. The van der Waals surface area contributed by atoms with Crippen molar-refractivity contribution in [3.63, 3.8) is 0 Å². The SMILES string of the molecule is N#CC1C(=N)C(C#N)(C#N)[C@H](c2ccccc2C(F)(F)F)[C@H]2CN(C(=O)OCc3ccccc3)CC=C12. The molecule has 1 aliphatic carbocycles. The van der Waals surface area contributed by atoms with E-state index in [2.05, 4.69) is 0 Å². The Hall–Kier alpha value is -4.62. The Balaban J connectivity index is 1.79. The number of carbonyl (C=O) groups is 1. The molecule has 0 aromatic heterocycles. The van der Waals surface area contributed by atoms with Crippen molar-refractivity contribution in [3.8, 4) is 18.2 Å². The van der Waals surface area contributed by atoms with Gasteiger partial charge in [0.15, 0.2) is 5.41 Å². The summed E-state index contributed by atoms with van der Waals surface area (Å²) in [6, 6.07) is 19.0. The third kappa shape index (κ3) is 4.41. The summed E-state index contributed by atoms with van der Waals surface area (Å²) in [5, 5.41) is 38.6. The number of hydrogen-bond acceptors (Lipinski definition) is 6. The zero-order chi connectivity index (χ0) is 26.8. The molecule has 2 aromatic rings. The highest BCUT2D eigenvalue weighted by atomic mass is 19.4. The first kappa shape index (κ1) is 25.5. The lowest BCUT2D eigenvalue weighted by Crippen LogP contribution is -2.54. The van der Waals surface area contributed by atoms with Gasteiger partial charge < -0.3 is 15.0 Å². The summed E-state index contributed by atoms with van der Waals surface area (Å²) in [4.78, 5) is 14.2. The number of benzene rings is 2. The van der Waals surface area contributed by atoms with Gasteiger partial charge in [0.05, 0.1) is 29.5 Å². The van der Waals surface area contributed by atoms with Crippen LogP contribution < -0.4 is 0 Å². The predicted octanol–water partition coefficient (Wildman–Crippen LogP) is 5.19. The molecule has 4 rings (SSSR count). The average molecular weight is 503 g/mol. The van der Waals surface area contributed by atoms with E-state index in [0.717, 1.165) is 11.6 Å². The maximum Gasteiger partial charge on any atom is 0.416 e. The monoisotopic (exact) mass is 503 g/mol. The smallest absolute Gasteiger partial charge is 0.416 e. The minimum Gasteiger partial charge on any atom is -0.445 e. The molecule has 2 aromatic carbocycles. The topological polar surface area (TPSA) is 125 Å². The molecule has 7 nitrogen and oxygen atoms in total. The van der Waals surface area contributed by atoms with Crippen molar-refractivity contribution in [1.82, 2.24) is 4.90 Å². The largest absolute Gasteiger partial charge is 0.445 e. The number of halogens is 3. The molecule has 1 aliphatic heterocycles. The van der Waals surface area contributed by atoms with Crippen molar-refractivity contribution in [3.05, 3.63) is 82.9 Å². The fraction of sp³-hybridized carbons (Fsp3) is 0.296. The lowest BCUT2D eigenvalue weighted by atomic mass is 9.54. The van der Waals surface area contributed by atoms with Gasteiger partial charge in [-0.1, -0.05) is 54.6 Å². The third-order valence-electron chi connectivity index (χ3n) is 6.85. The van der Waals surface area contributed by atoms with Crippen LogP contribution in [-0.2, 0) is 17.5 Å². The Kier molecular flexibility index (Phi) is 6.74. The molecule has 3 atom stereocenters. The van der Waals surface area contributed by atoms with Crippen LogP contribution in [0.5, 0.6) is 0 Å². The summed E-state index contributed by atoms with van der Waals surface area (Å²) in [6.45, 7) is -0.207. The molecule has 0 saturated heterocycles. The lowest BCUT2D eigenvalue weighted by Gasteiger charge is -2.47. The van der Waals surface area contributed by atoms with Crippen LogP contribution in [0.4, 0.5) is 18.0 Å². The van der Waals surface area contributed by atoms with Crippen LogP contribution in [0.3, 0.4) is 0 Å². The molecule has 37 heavy (non-hydrogen) atoms. The summed E-state index contributed by atoms with van der Waals surface area (Å²) in [5.41, 5.74) is -3.23. The second kappa shape index (κ2) is 9.79.